The molecule has 3 aromatic carbocycles. The van der Waals surface area contributed by atoms with Gasteiger partial charge in [-0.05, 0) is 61.4 Å². The zero-order valence-corrected chi connectivity index (χ0v) is 18.9. The first-order chi connectivity index (χ1) is 15.0. The molecule has 0 aliphatic carbocycles. The highest BCUT2D eigenvalue weighted by atomic mass is 35.5. The van der Waals surface area contributed by atoms with Crippen molar-refractivity contribution in [3.8, 4) is 11.5 Å². The fourth-order valence-corrected chi connectivity index (χ4v) is 3.42. The molecule has 0 bridgehead atoms. The maximum absolute atomic E-state index is 12.2. The number of para-hydroxylation sites is 1. The summed E-state index contributed by atoms with van der Waals surface area (Å²) in [5.41, 5.74) is 3.64. The largest absolute Gasteiger partial charge is 0.490 e. The molecule has 0 aliphatic heterocycles. The van der Waals surface area contributed by atoms with Crippen LogP contribution < -0.4 is 20.1 Å². The molecule has 0 aliphatic rings. The van der Waals surface area contributed by atoms with Gasteiger partial charge in [-0.1, -0.05) is 47.5 Å². The second-order valence-electron chi connectivity index (χ2n) is 6.85. The van der Waals surface area contributed by atoms with E-state index in [-0.39, 0.29) is 12.5 Å². The zero-order chi connectivity index (χ0) is 22.2. The Balaban J connectivity index is 1.69. The third-order valence-electron chi connectivity index (χ3n) is 4.46. The van der Waals surface area contributed by atoms with E-state index >= 15 is 0 Å². The van der Waals surface area contributed by atoms with Crippen LogP contribution in [0.2, 0.25) is 10.0 Å². The summed E-state index contributed by atoms with van der Waals surface area (Å²) < 4.78 is 11.4. The fraction of sp³-hybridized carbons (Fsp3) is 0.208. The molecule has 3 rings (SSSR count). The molecule has 7 heteroatoms. The van der Waals surface area contributed by atoms with E-state index < -0.39 is 0 Å². The van der Waals surface area contributed by atoms with E-state index in [0.717, 1.165) is 16.8 Å². The zero-order valence-electron chi connectivity index (χ0n) is 17.4. The highest BCUT2D eigenvalue weighted by Crippen LogP contribution is 2.37. The highest BCUT2D eigenvalue weighted by Gasteiger charge is 2.15. The van der Waals surface area contributed by atoms with Crippen LogP contribution in [-0.2, 0) is 11.3 Å². The lowest BCUT2D eigenvalue weighted by atomic mass is 10.1. The minimum Gasteiger partial charge on any atom is -0.490 e. The van der Waals surface area contributed by atoms with Gasteiger partial charge in [-0.2, -0.15) is 0 Å². The van der Waals surface area contributed by atoms with Crippen molar-refractivity contribution >= 4 is 40.5 Å². The number of ether oxygens (including phenoxy) is 2. The molecule has 162 valence electrons. The van der Waals surface area contributed by atoms with Crippen LogP contribution in [0.1, 0.15) is 18.1 Å². The molecule has 1 amide bonds. The number of nitrogens with one attached hydrogen (secondary N) is 2. The van der Waals surface area contributed by atoms with Gasteiger partial charge in [-0.25, -0.2) is 0 Å². The number of rotatable bonds is 9. The number of halogens is 2. The minimum atomic E-state index is -0.285. The molecule has 3 aromatic rings. The first-order valence-electron chi connectivity index (χ1n) is 9.89. The summed E-state index contributed by atoms with van der Waals surface area (Å²) >= 11 is 12.6. The molecule has 0 radical (unpaired) electrons. The second kappa shape index (κ2) is 10.9. The van der Waals surface area contributed by atoms with Gasteiger partial charge in [0.1, 0.15) is 0 Å². The molecule has 0 atom stereocenters. The van der Waals surface area contributed by atoms with Crippen molar-refractivity contribution in [2.24, 2.45) is 0 Å². The number of amides is 1. The average Bonchev–Trinajstić information content (AvgIpc) is 2.74. The molecule has 2 N–H and O–H groups in total. The quantitative estimate of drug-likeness (QED) is 0.393. The Morgan fingerprint density at radius 3 is 2.52 bits per heavy atom. The van der Waals surface area contributed by atoms with Crippen molar-refractivity contribution in [2.75, 3.05) is 23.8 Å². The van der Waals surface area contributed by atoms with Crippen LogP contribution in [0, 0.1) is 6.92 Å². The number of hydrogen-bond donors (Lipinski definition) is 2. The number of carbonyl (C=O) groups is 1. The van der Waals surface area contributed by atoms with E-state index in [2.05, 4.69) is 10.6 Å². The van der Waals surface area contributed by atoms with Crippen LogP contribution in [0.5, 0.6) is 11.5 Å². The lowest BCUT2D eigenvalue weighted by Crippen LogP contribution is -2.20. The Morgan fingerprint density at radius 1 is 1.00 bits per heavy atom. The molecule has 0 fully saturated rings. The SMILES string of the molecule is CCOc1cc(CNc2cc(Cl)ccc2C)cc(Cl)c1OCC(=O)Nc1ccccc1. The van der Waals surface area contributed by atoms with Gasteiger partial charge in [0.25, 0.3) is 5.91 Å². The fourth-order valence-electron chi connectivity index (χ4n) is 2.96. The highest BCUT2D eigenvalue weighted by molar-refractivity contribution is 6.32. The van der Waals surface area contributed by atoms with Crippen LogP contribution >= 0.6 is 23.2 Å². The summed E-state index contributed by atoms with van der Waals surface area (Å²) in [5, 5.41) is 7.17. The van der Waals surface area contributed by atoms with E-state index in [1.165, 1.54) is 0 Å². The van der Waals surface area contributed by atoms with E-state index in [4.69, 9.17) is 32.7 Å². The Kier molecular flexibility index (Phi) is 8.04. The van der Waals surface area contributed by atoms with Gasteiger partial charge >= 0.3 is 0 Å². The summed E-state index contributed by atoms with van der Waals surface area (Å²) in [6, 6.07) is 18.5. The number of aryl methyl sites for hydroxylation is 1. The Hall–Kier alpha value is -2.89. The standard InChI is InChI=1S/C24H24Cl2N2O3/c1-3-30-22-12-17(14-27-21-13-18(25)10-9-16(21)2)11-20(26)24(22)31-15-23(29)28-19-7-5-4-6-8-19/h4-13,27H,3,14-15H2,1-2H3,(H,28,29). The molecule has 5 nitrogen and oxygen atoms in total. The van der Waals surface area contributed by atoms with Crippen LogP contribution in [0.25, 0.3) is 0 Å². The number of anilines is 2. The van der Waals surface area contributed by atoms with Gasteiger partial charge in [0.15, 0.2) is 18.1 Å². The van der Waals surface area contributed by atoms with Gasteiger partial charge in [-0.15, -0.1) is 0 Å². The topological polar surface area (TPSA) is 59.6 Å². The smallest absolute Gasteiger partial charge is 0.262 e. The average molecular weight is 459 g/mol. The third-order valence-corrected chi connectivity index (χ3v) is 4.97. The van der Waals surface area contributed by atoms with Gasteiger partial charge in [0.2, 0.25) is 0 Å². The maximum Gasteiger partial charge on any atom is 0.262 e. The van der Waals surface area contributed by atoms with Crippen molar-refractivity contribution in [1.29, 1.82) is 0 Å². The van der Waals surface area contributed by atoms with E-state index in [9.17, 15) is 4.79 Å². The number of carbonyl (C=O) groups excluding carboxylic acids is 1. The van der Waals surface area contributed by atoms with Crippen molar-refractivity contribution in [1.82, 2.24) is 0 Å². The monoisotopic (exact) mass is 458 g/mol. The van der Waals surface area contributed by atoms with Crippen molar-refractivity contribution < 1.29 is 14.3 Å². The number of benzene rings is 3. The van der Waals surface area contributed by atoms with Crippen molar-refractivity contribution in [2.45, 2.75) is 20.4 Å². The van der Waals surface area contributed by atoms with Crippen LogP contribution in [-0.4, -0.2) is 19.1 Å². The summed E-state index contributed by atoms with van der Waals surface area (Å²) in [4.78, 5) is 12.2. The molecule has 0 saturated carbocycles. The predicted molar refractivity (Wildman–Crippen MR) is 127 cm³/mol. The Bertz CT molecular complexity index is 1040. The van der Waals surface area contributed by atoms with Gasteiger partial charge in [0, 0.05) is 22.9 Å². The molecule has 0 aromatic heterocycles. The second-order valence-corrected chi connectivity index (χ2v) is 7.70. The lowest BCUT2D eigenvalue weighted by molar-refractivity contribution is -0.118. The molecular formula is C24H24Cl2N2O3. The minimum absolute atomic E-state index is 0.187. The van der Waals surface area contributed by atoms with Gasteiger partial charge in [-0.3, -0.25) is 4.79 Å². The first-order valence-corrected chi connectivity index (χ1v) is 10.6. The maximum atomic E-state index is 12.2. The molecular weight excluding hydrogens is 435 g/mol. The first kappa shape index (κ1) is 22.8. The van der Waals surface area contributed by atoms with Crippen molar-refractivity contribution in [3.63, 3.8) is 0 Å². The molecule has 31 heavy (non-hydrogen) atoms. The Labute approximate surface area is 192 Å². The van der Waals surface area contributed by atoms with Crippen LogP contribution in [0.15, 0.2) is 60.7 Å². The summed E-state index contributed by atoms with van der Waals surface area (Å²) in [6.07, 6.45) is 0. The van der Waals surface area contributed by atoms with E-state index in [1.54, 1.807) is 18.2 Å². The van der Waals surface area contributed by atoms with Crippen LogP contribution in [0.3, 0.4) is 0 Å². The number of hydrogen-bond acceptors (Lipinski definition) is 4. The summed E-state index contributed by atoms with van der Waals surface area (Å²) in [6.45, 7) is 4.66. The molecule has 0 heterocycles. The molecule has 0 unspecified atom stereocenters. The normalized spacial score (nSPS) is 10.5. The van der Waals surface area contributed by atoms with E-state index in [1.807, 2.05) is 56.3 Å². The van der Waals surface area contributed by atoms with Crippen molar-refractivity contribution in [3.05, 3.63) is 81.8 Å². The predicted octanol–water partition coefficient (Wildman–Crippen LogP) is 6.33. The molecule has 0 spiro atoms. The lowest BCUT2D eigenvalue weighted by Gasteiger charge is -2.16. The molecule has 0 saturated heterocycles. The van der Waals surface area contributed by atoms with Gasteiger partial charge < -0.3 is 20.1 Å². The Morgan fingerprint density at radius 2 is 1.77 bits per heavy atom. The van der Waals surface area contributed by atoms with Crippen LogP contribution in [0.4, 0.5) is 11.4 Å². The van der Waals surface area contributed by atoms with E-state index in [0.29, 0.717) is 40.4 Å². The third kappa shape index (κ3) is 6.54. The van der Waals surface area contributed by atoms with Gasteiger partial charge in [0.05, 0.1) is 11.6 Å². The summed E-state index contributed by atoms with van der Waals surface area (Å²) in [5.74, 6) is 0.545. The summed E-state index contributed by atoms with van der Waals surface area (Å²) in [7, 11) is 0.